The van der Waals surface area contributed by atoms with E-state index in [9.17, 15) is 14.0 Å². The van der Waals surface area contributed by atoms with Crippen LogP contribution in [0.15, 0.2) is 36.4 Å². The van der Waals surface area contributed by atoms with E-state index in [-0.39, 0.29) is 5.02 Å². The molecule has 24 heavy (non-hydrogen) atoms. The lowest BCUT2D eigenvalue weighted by Crippen LogP contribution is -2.29. The second kappa shape index (κ2) is 8.08. The molecule has 0 unspecified atom stereocenters. The van der Waals surface area contributed by atoms with Crippen LogP contribution in [0, 0.1) is 12.7 Å². The van der Waals surface area contributed by atoms with E-state index in [0.29, 0.717) is 5.69 Å². The van der Waals surface area contributed by atoms with Gasteiger partial charge in [0.25, 0.3) is 5.91 Å². The van der Waals surface area contributed by atoms with Crippen LogP contribution in [0.25, 0.3) is 6.08 Å². The third-order valence-corrected chi connectivity index (χ3v) is 4.25. The van der Waals surface area contributed by atoms with Gasteiger partial charge in [0, 0.05) is 21.5 Å². The van der Waals surface area contributed by atoms with Crippen LogP contribution in [0.3, 0.4) is 0 Å². The normalized spacial score (nSPS) is 12.2. The van der Waals surface area contributed by atoms with Gasteiger partial charge in [-0.1, -0.05) is 11.6 Å². The molecule has 1 aromatic carbocycles. The first-order valence-corrected chi connectivity index (χ1v) is 8.25. The van der Waals surface area contributed by atoms with Crippen LogP contribution in [0.2, 0.25) is 5.02 Å². The zero-order chi connectivity index (χ0) is 17.7. The number of amides is 1. The van der Waals surface area contributed by atoms with Gasteiger partial charge < -0.3 is 10.1 Å². The van der Waals surface area contributed by atoms with Crippen molar-refractivity contribution in [3.05, 3.63) is 57.0 Å². The Bertz CT molecular complexity index is 788. The predicted octanol–water partition coefficient (Wildman–Crippen LogP) is 4.43. The summed E-state index contributed by atoms with van der Waals surface area (Å²) in [5, 5.41) is 2.40. The van der Waals surface area contributed by atoms with Crippen molar-refractivity contribution in [2.75, 3.05) is 5.32 Å². The average Bonchev–Trinajstić information content (AvgIpc) is 2.94. The predicted molar refractivity (Wildman–Crippen MR) is 93.7 cm³/mol. The second-order valence-electron chi connectivity index (χ2n) is 4.98. The molecule has 0 bridgehead atoms. The molecular weight excluding hydrogens is 353 g/mol. The Labute approximate surface area is 147 Å². The van der Waals surface area contributed by atoms with Gasteiger partial charge in [-0.05, 0) is 50.3 Å². The maximum absolute atomic E-state index is 13.1. The van der Waals surface area contributed by atoms with E-state index in [1.54, 1.807) is 17.4 Å². The summed E-state index contributed by atoms with van der Waals surface area (Å²) < 4.78 is 18.1. The summed E-state index contributed by atoms with van der Waals surface area (Å²) >= 11 is 7.18. The zero-order valence-corrected chi connectivity index (χ0v) is 14.6. The summed E-state index contributed by atoms with van der Waals surface area (Å²) in [6.07, 6.45) is 1.89. The lowest BCUT2D eigenvalue weighted by atomic mass is 10.3. The smallest absolute Gasteiger partial charge is 0.331 e. The first kappa shape index (κ1) is 18.2. The molecule has 2 aromatic rings. The van der Waals surface area contributed by atoms with Crippen LogP contribution in [-0.2, 0) is 14.3 Å². The molecule has 0 fully saturated rings. The van der Waals surface area contributed by atoms with Gasteiger partial charge in [-0.2, -0.15) is 0 Å². The lowest BCUT2D eigenvalue weighted by Gasteiger charge is -2.12. The number of carbonyl (C=O) groups is 2. The third kappa shape index (κ3) is 5.18. The van der Waals surface area contributed by atoms with Crippen molar-refractivity contribution in [3.8, 4) is 0 Å². The summed E-state index contributed by atoms with van der Waals surface area (Å²) in [6.45, 7) is 3.41. The van der Waals surface area contributed by atoms with Gasteiger partial charge in [0.2, 0.25) is 0 Å². The molecule has 1 atom stereocenters. The monoisotopic (exact) mass is 367 g/mol. The van der Waals surface area contributed by atoms with Crippen LogP contribution >= 0.6 is 22.9 Å². The van der Waals surface area contributed by atoms with Crippen molar-refractivity contribution >= 4 is 46.6 Å². The van der Waals surface area contributed by atoms with E-state index < -0.39 is 23.8 Å². The minimum absolute atomic E-state index is 0.105. The quantitative estimate of drug-likeness (QED) is 0.628. The second-order valence-corrected chi connectivity index (χ2v) is 6.71. The number of carbonyl (C=O) groups excluding carboxylic acids is 2. The summed E-state index contributed by atoms with van der Waals surface area (Å²) in [7, 11) is 0. The van der Waals surface area contributed by atoms with Gasteiger partial charge in [0.05, 0.1) is 5.02 Å². The van der Waals surface area contributed by atoms with Gasteiger partial charge in [0.1, 0.15) is 5.82 Å². The van der Waals surface area contributed by atoms with E-state index in [1.165, 1.54) is 25.1 Å². The Kier molecular flexibility index (Phi) is 6.11. The first-order chi connectivity index (χ1) is 11.3. The number of hydrogen-bond donors (Lipinski definition) is 1. The van der Waals surface area contributed by atoms with Crippen LogP contribution in [-0.4, -0.2) is 18.0 Å². The topological polar surface area (TPSA) is 55.4 Å². The highest BCUT2D eigenvalue weighted by Gasteiger charge is 2.17. The molecule has 1 N–H and O–H groups in total. The Morgan fingerprint density at radius 2 is 2.08 bits per heavy atom. The number of benzene rings is 1. The molecule has 4 nitrogen and oxygen atoms in total. The SMILES string of the molecule is Cc1ccc(/C=C/C(=O)O[C@@H](C)C(=O)Nc2ccc(F)c(Cl)c2)s1. The van der Waals surface area contributed by atoms with Crippen molar-refractivity contribution in [2.24, 2.45) is 0 Å². The number of rotatable bonds is 5. The standard InChI is InChI=1S/C17H15ClFNO3S/c1-10-3-5-13(24-10)6-8-16(21)23-11(2)17(22)20-12-4-7-15(19)14(18)9-12/h3-9,11H,1-2H3,(H,20,22)/b8-6+/t11-/m0/s1. The highest BCUT2D eigenvalue weighted by Crippen LogP contribution is 2.20. The van der Waals surface area contributed by atoms with E-state index in [1.807, 2.05) is 19.1 Å². The van der Waals surface area contributed by atoms with Gasteiger partial charge in [-0.15, -0.1) is 11.3 Å². The van der Waals surface area contributed by atoms with Crippen molar-refractivity contribution < 1.29 is 18.7 Å². The third-order valence-electron chi connectivity index (χ3n) is 2.99. The van der Waals surface area contributed by atoms with E-state index in [2.05, 4.69) is 5.32 Å². The van der Waals surface area contributed by atoms with E-state index in [0.717, 1.165) is 15.8 Å². The largest absolute Gasteiger partial charge is 0.449 e. The Morgan fingerprint density at radius 1 is 1.33 bits per heavy atom. The molecule has 1 heterocycles. The summed E-state index contributed by atoms with van der Waals surface area (Å²) in [5.41, 5.74) is 0.318. The van der Waals surface area contributed by atoms with Gasteiger partial charge in [-0.25, -0.2) is 9.18 Å². The fourth-order valence-corrected chi connectivity index (χ4v) is 2.74. The van der Waals surface area contributed by atoms with Gasteiger partial charge in [-0.3, -0.25) is 4.79 Å². The van der Waals surface area contributed by atoms with E-state index in [4.69, 9.17) is 16.3 Å². The molecule has 126 valence electrons. The first-order valence-electron chi connectivity index (χ1n) is 7.06. The van der Waals surface area contributed by atoms with E-state index >= 15 is 0 Å². The van der Waals surface area contributed by atoms with Crippen molar-refractivity contribution in [1.29, 1.82) is 0 Å². The maximum Gasteiger partial charge on any atom is 0.331 e. The minimum atomic E-state index is -1.00. The Balaban J connectivity index is 1.89. The zero-order valence-electron chi connectivity index (χ0n) is 13.0. The number of anilines is 1. The number of aryl methyl sites for hydroxylation is 1. The van der Waals surface area contributed by atoms with Crippen molar-refractivity contribution in [1.82, 2.24) is 0 Å². The molecule has 0 aliphatic heterocycles. The fraction of sp³-hybridized carbons (Fsp3) is 0.176. The lowest BCUT2D eigenvalue weighted by molar-refractivity contribution is -0.148. The fourth-order valence-electron chi connectivity index (χ4n) is 1.78. The molecule has 0 aliphatic carbocycles. The highest BCUT2D eigenvalue weighted by atomic mass is 35.5. The number of esters is 1. The van der Waals surface area contributed by atoms with Crippen LogP contribution in [0.5, 0.6) is 0 Å². The maximum atomic E-state index is 13.1. The molecule has 0 radical (unpaired) electrons. The minimum Gasteiger partial charge on any atom is -0.449 e. The Morgan fingerprint density at radius 3 is 2.71 bits per heavy atom. The number of nitrogens with one attached hydrogen (secondary N) is 1. The van der Waals surface area contributed by atoms with Crippen molar-refractivity contribution in [3.63, 3.8) is 0 Å². The summed E-state index contributed by atoms with van der Waals surface area (Å²) in [6, 6.07) is 7.62. The van der Waals surface area contributed by atoms with Crippen LogP contribution in [0.4, 0.5) is 10.1 Å². The molecular formula is C17H15ClFNO3S. The molecule has 0 aliphatic rings. The molecule has 1 amide bonds. The average molecular weight is 368 g/mol. The summed E-state index contributed by atoms with van der Waals surface area (Å²) in [4.78, 5) is 25.8. The Hall–Kier alpha value is -2.18. The molecule has 0 saturated carbocycles. The van der Waals surface area contributed by atoms with Crippen LogP contribution in [0.1, 0.15) is 16.7 Å². The van der Waals surface area contributed by atoms with Crippen LogP contribution < -0.4 is 5.32 Å². The molecule has 2 rings (SSSR count). The number of thiophene rings is 1. The van der Waals surface area contributed by atoms with Gasteiger partial charge in [0.15, 0.2) is 6.10 Å². The summed E-state index contributed by atoms with van der Waals surface area (Å²) in [5.74, 6) is -1.74. The molecule has 0 saturated heterocycles. The number of halogens is 2. The molecule has 7 heteroatoms. The molecule has 0 spiro atoms. The molecule has 1 aromatic heterocycles. The van der Waals surface area contributed by atoms with Crippen molar-refractivity contribution in [2.45, 2.75) is 20.0 Å². The highest BCUT2D eigenvalue weighted by molar-refractivity contribution is 7.12. The van der Waals surface area contributed by atoms with Gasteiger partial charge >= 0.3 is 5.97 Å². The number of ether oxygens (including phenoxy) is 1. The number of hydrogen-bond acceptors (Lipinski definition) is 4.